The topological polar surface area (TPSA) is 64.7 Å². The Hall–Kier alpha value is -2.23. The minimum Gasteiger partial charge on any atom is -0.383 e. The van der Waals surface area contributed by atoms with Crippen molar-refractivity contribution in [2.75, 3.05) is 5.73 Å². The molecular weight excluding hydrogens is 248 g/mol. The number of rotatable bonds is 2. The van der Waals surface area contributed by atoms with Gasteiger partial charge in [-0.15, -0.1) is 0 Å². The van der Waals surface area contributed by atoms with Crippen LogP contribution in [0.3, 0.4) is 0 Å². The Morgan fingerprint density at radius 3 is 2.60 bits per heavy atom. The third-order valence-electron chi connectivity index (χ3n) is 3.52. The van der Waals surface area contributed by atoms with Crippen molar-refractivity contribution in [3.63, 3.8) is 0 Å². The SMILES string of the molecule is CCc1ccc2nc3nc(C(C)C)nc(N)c3cc2c1. The number of aryl methyl sites for hydroxylation is 1. The number of anilines is 1. The number of hydrogen-bond acceptors (Lipinski definition) is 4. The van der Waals surface area contributed by atoms with Crippen molar-refractivity contribution < 1.29 is 0 Å². The molecule has 3 aromatic rings. The Morgan fingerprint density at radius 1 is 1.10 bits per heavy atom. The second-order valence-electron chi connectivity index (χ2n) is 5.36. The van der Waals surface area contributed by atoms with Crippen LogP contribution in [0, 0.1) is 0 Å². The van der Waals surface area contributed by atoms with Crippen LogP contribution >= 0.6 is 0 Å². The fourth-order valence-electron chi connectivity index (χ4n) is 2.28. The molecule has 2 aromatic heterocycles. The van der Waals surface area contributed by atoms with Crippen LogP contribution in [0.5, 0.6) is 0 Å². The second-order valence-corrected chi connectivity index (χ2v) is 5.36. The molecule has 0 saturated heterocycles. The Morgan fingerprint density at radius 2 is 1.90 bits per heavy atom. The summed E-state index contributed by atoms with van der Waals surface area (Å²) < 4.78 is 0. The van der Waals surface area contributed by atoms with Crippen LogP contribution in [-0.4, -0.2) is 15.0 Å². The number of nitrogen functional groups attached to an aromatic ring is 1. The van der Waals surface area contributed by atoms with Crippen LogP contribution in [0.15, 0.2) is 24.3 Å². The van der Waals surface area contributed by atoms with Gasteiger partial charge in [0.15, 0.2) is 5.65 Å². The van der Waals surface area contributed by atoms with Gasteiger partial charge in [0, 0.05) is 11.3 Å². The van der Waals surface area contributed by atoms with Gasteiger partial charge in [0.25, 0.3) is 0 Å². The summed E-state index contributed by atoms with van der Waals surface area (Å²) in [7, 11) is 0. The highest BCUT2D eigenvalue weighted by Gasteiger charge is 2.10. The highest BCUT2D eigenvalue weighted by Crippen LogP contribution is 2.24. The monoisotopic (exact) mass is 266 g/mol. The van der Waals surface area contributed by atoms with E-state index < -0.39 is 0 Å². The largest absolute Gasteiger partial charge is 0.383 e. The van der Waals surface area contributed by atoms with Gasteiger partial charge in [-0.2, -0.15) is 0 Å². The maximum absolute atomic E-state index is 6.07. The smallest absolute Gasteiger partial charge is 0.165 e. The molecule has 0 aliphatic heterocycles. The first-order chi connectivity index (χ1) is 9.58. The minimum atomic E-state index is 0.238. The third-order valence-corrected chi connectivity index (χ3v) is 3.52. The summed E-state index contributed by atoms with van der Waals surface area (Å²) in [5.74, 6) is 1.49. The van der Waals surface area contributed by atoms with Gasteiger partial charge in [0.05, 0.1) is 10.9 Å². The van der Waals surface area contributed by atoms with Gasteiger partial charge in [-0.25, -0.2) is 15.0 Å². The summed E-state index contributed by atoms with van der Waals surface area (Å²) in [5.41, 5.74) is 8.98. The molecule has 4 heteroatoms. The predicted molar refractivity (Wildman–Crippen MR) is 82.7 cm³/mol. The predicted octanol–water partition coefficient (Wildman–Crippen LogP) is 3.45. The molecule has 0 spiro atoms. The zero-order chi connectivity index (χ0) is 14.3. The van der Waals surface area contributed by atoms with E-state index in [9.17, 15) is 0 Å². The van der Waals surface area contributed by atoms with Crippen molar-refractivity contribution in [3.05, 3.63) is 35.7 Å². The Bertz CT molecular complexity index is 793. The molecule has 4 nitrogen and oxygen atoms in total. The number of aromatic nitrogens is 3. The van der Waals surface area contributed by atoms with Crippen LogP contribution in [0.2, 0.25) is 0 Å². The fourth-order valence-corrected chi connectivity index (χ4v) is 2.28. The van der Waals surface area contributed by atoms with Crippen molar-refractivity contribution in [2.45, 2.75) is 33.1 Å². The van der Waals surface area contributed by atoms with Crippen LogP contribution in [0.1, 0.15) is 38.1 Å². The Kier molecular flexibility index (Phi) is 3.01. The van der Waals surface area contributed by atoms with Crippen molar-refractivity contribution in [2.24, 2.45) is 0 Å². The average molecular weight is 266 g/mol. The number of fused-ring (bicyclic) bond motifs is 2. The van der Waals surface area contributed by atoms with E-state index in [1.807, 2.05) is 12.1 Å². The van der Waals surface area contributed by atoms with Gasteiger partial charge in [0.2, 0.25) is 0 Å². The lowest BCUT2D eigenvalue weighted by atomic mass is 10.1. The van der Waals surface area contributed by atoms with Crippen LogP contribution in [0.25, 0.3) is 21.9 Å². The van der Waals surface area contributed by atoms with Gasteiger partial charge in [-0.1, -0.05) is 26.8 Å². The molecule has 2 N–H and O–H groups in total. The third kappa shape index (κ3) is 2.07. The molecule has 102 valence electrons. The molecule has 20 heavy (non-hydrogen) atoms. The van der Waals surface area contributed by atoms with Crippen molar-refractivity contribution in [1.29, 1.82) is 0 Å². The van der Waals surface area contributed by atoms with Crippen molar-refractivity contribution in [3.8, 4) is 0 Å². The van der Waals surface area contributed by atoms with Crippen LogP contribution in [-0.2, 0) is 6.42 Å². The summed E-state index contributed by atoms with van der Waals surface area (Å²) >= 11 is 0. The number of nitrogens with zero attached hydrogens (tertiary/aromatic N) is 3. The molecule has 0 atom stereocenters. The molecule has 0 aliphatic rings. The summed E-state index contributed by atoms with van der Waals surface area (Å²) in [5, 5.41) is 1.92. The van der Waals surface area contributed by atoms with E-state index in [1.165, 1.54) is 5.56 Å². The number of pyridine rings is 1. The second kappa shape index (κ2) is 4.71. The number of nitrogens with two attached hydrogens (primary N) is 1. The first-order valence-electron chi connectivity index (χ1n) is 6.95. The van der Waals surface area contributed by atoms with Gasteiger partial charge in [-0.3, -0.25) is 0 Å². The van der Waals surface area contributed by atoms with Crippen molar-refractivity contribution >= 4 is 27.8 Å². The zero-order valence-corrected chi connectivity index (χ0v) is 12.0. The molecule has 1 aromatic carbocycles. The number of hydrogen-bond donors (Lipinski definition) is 1. The lowest BCUT2D eigenvalue weighted by molar-refractivity contribution is 0.783. The standard InChI is InChI=1S/C16H18N4/c1-4-10-5-6-13-11(7-10)8-12-14(17)19-15(9(2)3)20-16(12)18-13/h5-9H,4H2,1-3H3,(H2,17,18,19,20). The lowest BCUT2D eigenvalue weighted by Crippen LogP contribution is -2.03. The van der Waals surface area contributed by atoms with E-state index in [0.29, 0.717) is 11.5 Å². The first kappa shape index (κ1) is 12.8. The van der Waals surface area contributed by atoms with E-state index in [-0.39, 0.29) is 5.92 Å². The quantitative estimate of drug-likeness (QED) is 0.721. The van der Waals surface area contributed by atoms with Crippen molar-refractivity contribution in [1.82, 2.24) is 15.0 Å². The van der Waals surface area contributed by atoms with E-state index in [2.05, 4.69) is 47.9 Å². The fraction of sp³-hybridized carbons (Fsp3) is 0.312. The van der Waals surface area contributed by atoms with Gasteiger partial charge >= 0.3 is 0 Å². The maximum atomic E-state index is 6.07. The summed E-state index contributed by atoms with van der Waals surface area (Å²) in [4.78, 5) is 13.5. The molecule has 0 saturated carbocycles. The van der Waals surface area contributed by atoms with Gasteiger partial charge < -0.3 is 5.73 Å². The molecule has 3 rings (SSSR count). The highest BCUT2D eigenvalue weighted by molar-refractivity contribution is 5.96. The summed E-state index contributed by atoms with van der Waals surface area (Å²) in [6.45, 7) is 6.24. The Balaban J connectivity index is 2.32. The molecule has 0 aliphatic carbocycles. The normalized spacial score (nSPS) is 11.6. The number of benzene rings is 1. The highest BCUT2D eigenvalue weighted by atomic mass is 15.0. The van der Waals surface area contributed by atoms with E-state index in [4.69, 9.17) is 5.73 Å². The molecule has 2 heterocycles. The van der Waals surface area contributed by atoms with E-state index in [0.717, 1.165) is 28.5 Å². The van der Waals surface area contributed by atoms with Gasteiger partial charge in [-0.05, 0) is 30.2 Å². The average Bonchev–Trinajstić information content (AvgIpc) is 2.44. The molecule has 0 fully saturated rings. The van der Waals surface area contributed by atoms with Crippen LogP contribution < -0.4 is 5.73 Å². The molecular formula is C16H18N4. The summed E-state index contributed by atoms with van der Waals surface area (Å²) in [6, 6.07) is 8.34. The minimum absolute atomic E-state index is 0.238. The Labute approximate surface area is 118 Å². The molecule has 0 bridgehead atoms. The summed E-state index contributed by atoms with van der Waals surface area (Å²) in [6.07, 6.45) is 1.01. The zero-order valence-electron chi connectivity index (χ0n) is 12.0. The molecule has 0 amide bonds. The van der Waals surface area contributed by atoms with Crippen LogP contribution in [0.4, 0.5) is 5.82 Å². The van der Waals surface area contributed by atoms with E-state index in [1.54, 1.807) is 0 Å². The molecule has 0 radical (unpaired) electrons. The van der Waals surface area contributed by atoms with E-state index >= 15 is 0 Å². The first-order valence-corrected chi connectivity index (χ1v) is 6.95. The molecule has 0 unspecified atom stereocenters. The lowest BCUT2D eigenvalue weighted by Gasteiger charge is -2.08. The maximum Gasteiger partial charge on any atom is 0.165 e. The van der Waals surface area contributed by atoms with Gasteiger partial charge in [0.1, 0.15) is 11.6 Å².